The zero-order valence-corrected chi connectivity index (χ0v) is 52.4. The van der Waals surface area contributed by atoms with Crippen molar-refractivity contribution in [2.24, 2.45) is 0 Å². The summed E-state index contributed by atoms with van der Waals surface area (Å²) in [7, 11) is 0. The number of ether oxygens (including phenoxy) is 3. The summed E-state index contributed by atoms with van der Waals surface area (Å²) < 4.78 is 16.8. The minimum Gasteiger partial charge on any atom is -0.462 e. The summed E-state index contributed by atoms with van der Waals surface area (Å²) in [5, 5.41) is 0. The first kappa shape index (κ1) is 76.5. The van der Waals surface area contributed by atoms with Gasteiger partial charge in [0.25, 0.3) is 0 Å². The second kappa shape index (κ2) is 68.0. The van der Waals surface area contributed by atoms with Crippen molar-refractivity contribution in [1.29, 1.82) is 0 Å². The van der Waals surface area contributed by atoms with Crippen LogP contribution in [0.3, 0.4) is 0 Å². The molecule has 0 aromatic rings. The van der Waals surface area contributed by atoms with Crippen molar-refractivity contribution in [2.45, 2.75) is 264 Å². The summed E-state index contributed by atoms with van der Waals surface area (Å²) in [6.45, 7) is 6.30. The molecule has 0 heterocycles. The average molecular weight is 1130 g/mol. The van der Waals surface area contributed by atoms with E-state index in [1.54, 1.807) is 0 Å². The second-order valence-corrected chi connectivity index (χ2v) is 20.9. The number of hydrogen-bond acceptors (Lipinski definition) is 6. The van der Waals surface area contributed by atoms with E-state index in [-0.39, 0.29) is 31.1 Å². The summed E-state index contributed by atoms with van der Waals surface area (Å²) in [4.78, 5) is 38.0. The normalized spacial score (nSPS) is 13.4. The molecule has 0 aliphatic carbocycles. The predicted octanol–water partition coefficient (Wildman–Crippen LogP) is 22.8. The fraction of sp³-hybridized carbons (Fsp3) is 0.566. The molecule has 0 rings (SSSR count). The molecule has 0 spiro atoms. The van der Waals surface area contributed by atoms with Crippen LogP contribution >= 0.6 is 0 Å². The minimum atomic E-state index is -0.807. The molecule has 0 N–H and O–H groups in total. The van der Waals surface area contributed by atoms with Crippen LogP contribution < -0.4 is 0 Å². The molecule has 0 aromatic heterocycles. The van der Waals surface area contributed by atoms with Gasteiger partial charge >= 0.3 is 17.9 Å². The standard InChI is InChI=1S/C76H118O6/c1-4-7-10-13-16-18-20-22-24-26-28-30-32-34-35-36-37-38-39-40-41-43-44-46-48-50-52-54-56-58-60-63-66-69-75(78)81-72-73(71-80-74(77)68-65-62-15-12-9-6-3)82-76(79)70-67-64-61-59-57-55-53-51-49-47-45-42-33-31-29-27-25-23-21-19-17-14-11-8-5-2/h7-8,10-11,16-19,22-25,28-31,34-35,37-38,40-42,44-46,50,52,56,58,73H,4-6,9,12-15,20-21,26-27,32-33,36,39,43,47-49,51,53-55,57,59-72H2,1-3H3/b10-7-,11-8-,18-16-,19-17-,24-22-,25-23-,30-28-,31-29-,35-34-,38-37-,41-40-,45-42-,46-44-,52-50-,58-56-. The van der Waals surface area contributed by atoms with Gasteiger partial charge in [0.05, 0.1) is 0 Å². The molecule has 0 aliphatic heterocycles. The van der Waals surface area contributed by atoms with Crippen LogP contribution in [0, 0.1) is 0 Å². The van der Waals surface area contributed by atoms with E-state index in [1.807, 2.05) is 0 Å². The molecule has 0 aromatic carbocycles. The van der Waals surface area contributed by atoms with E-state index in [1.165, 1.54) is 57.8 Å². The van der Waals surface area contributed by atoms with Crippen LogP contribution in [0.1, 0.15) is 258 Å². The SMILES string of the molecule is CC/C=C\C/C=C\C/C=C\C/C=C\C/C=C\C/C=C\C/C=C\C/C=C\C/C=C\C/C=C\CCCCC(=O)OCC(COC(=O)CCCCCCCC)OC(=O)CCCCCCCCCCC/C=C\C/C=C\C/C=C\C/C=C\C/C=C\CC. The number of hydrogen-bond donors (Lipinski definition) is 0. The van der Waals surface area contributed by atoms with Gasteiger partial charge in [-0.15, -0.1) is 0 Å². The van der Waals surface area contributed by atoms with Crippen LogP contribution in [0.15, 0.2) is 182 Å². The Kier molecular flexibility index (Phi) is 63.5. The van der Waals surface area contributed by atoms with Crippen molar-refractivity contribution < 1.29 is 28.6 Å². The Labute approximate surface area is 504 Å². The Bertz CT molecular complexity index is 1920. The topological polar surface area (TPSA) is 78.9 Å². The van der Waals surface area contributed by atoms with Gasteiger partial charge in [-0.25, -0.2) is 0 Å². The number of carbonyl (C=O) groups is 3. The zero-order valence-electron chi connectivity index (χ0n) is 52.4. The van der Waals surface area contributed by atoms with E-state index in [4.69, 9.17) is 14.2 Å². The first-order chi connectivity index (χ1) is 40.5. The highest BCUT2D eigenvalue weighted by molar-refractivity contribution is 5.71. The molecule has 0 aliphatic rings. The molecule has 6 heteroatoms. The fourth-order valence-electron chi connectivity index (χ4n) is 8.32. The van der Waals surface area contributed by atoms with Crippen molar-refractivity contribution in [1.82, 2.24) is 0 Å². The van der Waals surface area contributed by atoms with Crippen LogP contribution in [0.5, 0.6) is 0 Å². The summed E-state index contributed by atoms with van der Waals surface area (Å²) in [5.41, 5.74) is 0. The van der Waals surface area contributed by atoms with Crippen LogP contribution in [-0.4, -0.2) is 37.2 Å². The Morgan fingerprint density at radius 1 is 0.256 bits per heavy atom. The summed E-state index contributed by atoms with van der Waals surface area (Å²) in [6.07, 6.45) is 102. The molecule has 1 atom stereocenters. The molecule has 0 amide bonds. The smallest absolute Gasteiger partial charge is 0.306 e. The quantitative estimate of drug-likeness (QED) is 0.0261. The lowest BCUT2D eigenvalue weighted by molar-refractivity contribution is -0.167. The molecule has 6 nitrogen and oxygen atoms in total. The second-order valence-electron chi connectivity index (χ2n) is 20.9. The van der Waals surface area contributed by atoms with Crippen molar-refractivity contribution in [3.63, 3.8) is 0 Å². The minimum absolute atomic E-state index is 0.102. The summed E-state index contributed by atoms with van der Waals surface area (Å²) in [6, 6.07) is 0. The van der Waals surface area contributed by atoms with Crippen molar-refractivity contribution in [2.75, 3.05) is 13.2 Å². The Morgan fingerprint density at radius 2 is 0.476 bits per heavy atom. The highest BCUT2D eigenvalue weighted by Crippen LogP contribution is 2.14. The third-order valence-electron chi connectivity index (χ3n) is 13.2. The van der Waals surface area contributed by atoms with Gasteiger partial charge in [0.1, 0.15) is 13.2 Å². The Morgan fingerprint density at radius 3 is 0.768 bits per heavy atom. The summed E-state index contributed by atoms with van der Waals surface area (Å²) >= 11 is 0. The lowest BCUT2D eigenvalue weighted by atomic mass is 10.1. The third kappa shape index (κ3) is 65.3. The lowest BCUT2D eigenvalue weighted by Gasteiger charge is -2.18. The molecule has 0 bridgehead atoms. The van der Waals surface area contributed by atoms with E-state index < -0.39 is 6.10 Å². The van der Waals surface area contributed by atoms with Gasteiger partial charge in [-0.05, 0) is 141 Å². The number of esters is 3. The molecular weight excluding hydrogens is 1010 g/mol. The molecule has 0 fully saturated rings. The number of rotatable bonds is 57. The first-order valence-corrected chi connectivity index (χ1v) is 32.8. The van der Waals surface area contributed by atoms with Crippen LogP contribution in [0.25, 0.3) is 0 Å². The van der Waals surface area contributed by atoms with Gasteiger partial charge in [0, 0.05) is 19.3 Å². The Hall–Kier alpha value is -5.49. The van der Waals surface area contributed by atoms with E-state index in [0.29, 0.717) is 25.7 Å². The van der Waals surface area contributed by atoms with Crippen molar-refractivity contribution in [3.05, 3.63) is 182 Å². The fourth-order valence-corrected chi connectivity index (χ4v) is 8.32. The molecule has 0 saturated carbocycles. The van der Waals surface area contributed by atoms with Gasteiger partial charge in [0.15, 0.2) is 6.10 Å². The largest absolute Gasteiger partial charge is 0.462 e. The molecule has 0 radical (unpaired) electrons. The molecule has 82 heavy (non-hydrogen) atoms. The third-order valence-corrected chi connectivity index (χ3v) is 13.2. The summed E-state index contributed by atoms with van der Waals surface area (Å²) in [5.74, 6) is -0.971. The highest BCUT2D eigenvalue weighted by atomic mass is 16.6. The van der Waals surface area contributed by atoms with Gasteiger partial charge < -0.3 is 14.2 Å². The Balaban J connectivity index is 4.24. The van der Waals surface area contributed by atoms with Crippen LogP contribution in [0.2, 0.25) is 0 Å². The maximum Gasteiger partial charge on any atom is 0.306 e. The predicted molar refractivity (Wildman–Crippen MR) is 357 cm³/mol. The monoisotopic (exact) mass is 1130 g/mol. The van der Waals surface area contributed by atoms with Gasteiger partial charge in [-0.1, -0.05) is 280 Å². The number of unbranched alkanes of at least 4 members (excludes halogenated alkanes) is 16. The van der Waals surface area contributed by atoms with Gasteiger partial charge in [0.2, 0.25) is 0 Å². The highest BCUT2D eigenvalue weighted by Gasteiger charge is 2.19. The maximum atomic E-state index is 12.9. The van der Waals surface area contributed by atoms with Crippen molar-refractivity contribution >= 4 is 17.9 Å². The number of carbonyl (C=O) groups excluding carboxylic acids is 3. The van der Waals surface area contributed by atoms with E-state index in [0.717, 1.165) is 154 Å². The lowest BCUT2D eigenvalue weighted by Crippen LogP contribution is -2.30. The molecule has 458 valence electrons. The average Bonchev–Trinajstić information content (AvgIpc) is 3.47. The number of allylic oxidation sites excluding steroid dienone is 30. The van der Waals surface area contributed by atoms with E-state index in [9.17, 15) is 14.4 Å². The van der Waals surface area contributed by atoms with Crippen LogP contribution in [0.4, 0.5) is 0 Å². The zero-order chi connectivity index (χ0) is 59.2. The van der Waals surface area contributed by atoms with E-state index >= 15 is 0 Å². The van der Waals surface area contributed by atoms with Gasteiger partial charge in [-0.3, -0.25) is 14.4 Å². The molecule has 1 unspecified atom stereocenters. The van der Waals surface area contributed by atoms with E-state index in [2.05, 4.69) is 203 Å². The first-order valence-electron chi connectivity index (χ1n) is 32.8. The van der Waals surface area contributed by atoms with Crippen LogP contribution in [-0.2, 0) is 28.6 Å². The van der Waals surface area contributed by atoms with Gasteiger partial charge in [-0.2, -0.15) is 0 Å². The van der Waals surface area contributed by atoms with Crippen molar-refractivity contribution in [3.8, 4) is 0 Å². The molecule has 0 saturated heterocycles. The molecular formula is C76H118O6. The maximum absolute atomic E-state index is 12.9.